The van der Waals surface area contributed by atoms with Crippen molar-refractivity contribution < 1.29 is 51.8 Å². The van der Waals surface area contributed by atoms with Gasteiger partial charge in [0.2, 0.25) is 5.72 Å². The highest BCUT2D eigenvalue weighted by Crippen LogP contribution is 2.31. The summed E-state index contributed by atoms with van der Waals surface area (Å²) in [5.74, 6) is -3.69. The van der Waals surface area contributed by atoms with Gasteiger partial charge in [-0.15, -0.1) is 0 Å². The van der Waals surface area contributed by atoms with Crippen LogP contribution in [0.25, 0.3) is 0 Å². The van der Waals surface area contributed by atoms with E-state index in [1.807, 2.05) is 18.7 Å². The summed E-state index contributed by atoms with van der Waals surface area (Å²) in [6, 6.07) is 4.73. The van der Waals surface area contributed by atoms with Gasteiger partial charge in [0.05, 0.1) is 36.6 Å². The molecule has 228 valence electrons. The fourth-order valence-corrected chi connectivity index (χ4v) is 5.63. The third-order valence-corrected chi connectivity index (χ3v) is 8.60. The van der Waals surface area contributed by atoms with Crippen LogP contribution in [0.1, 0.15) is 40.5 Å². The maximum Gasteiger partial charge on any atom is 0.356 e. The minimum absolute atomic E-state index is 0.0418. The maximum atomic E-state index is 13.9. The summed E-state index contributed by atoms with van der Waals surface area (Å²) in [5, 5.41) is 11.7. The number of carbonyl (C=O) groups excluding carboxylic acids is 4. The zero-order valence-electron chi connectivity index (χ0n) is 23.7. The molecule has 1 aromatic carbocycles. The summed E-state index contributed by atoms with van der Waals surface area (Å²) in [5.41, 5.74) is -4.68. The molecule has 15 heteroatoms. The van der Waals surface area contributed by atoms with Gasteiger partial charge in [0, 0.05) is 13.1 Å². The van der Waals surface area contributed by atoms with Crippen LogP contribution in [0.5, 0.6) is 5.75 Å². The number of benzene rings is 1. The predicted octanol–water partition coefficient (Wildman–Crippen LogP) is 0.724. The van der Waals surface area contributed by atoms with Gasteiger partial charge < -0.3 is 29.1 Å². The molecule has 2 aliphatic rings. The molecule has 2 amide bonds. The van der Waals surface area contributed by atoms with Gasteiger partial charge in [-0.25, -0.2) is 22.8 Å². The molecular formula is C26H37N3O11S. The number of ether oxygens (including phenoxy) is 3. The number of hydroxylamine groups is 2. The number of fused-ring (bicyclic) bond motifs is 3. The monoisotopic (exact) mass is 599 g/mol. The lowest BCUT2D eigenvalue weighted by molar-refractivity contribution is -0.232. The number of nitrogens with zero attached hydrogens (tertiary/aromatic N) is 3. The highest BCUT2D eigenvalue weighted by Gasteiger charge is 2.53. The number of hydrogen-bond acceptors (Lipinski definition) is 12. The fourth-order valence-electron chi connectivity index (χ4n) is 4.42. The summed E-state index contributed by atoms with van der Waals surface area (Å²) < 4.78 is 42.5. The molecule has 14 nitrogen and oxygen atoms in total. The van der Waals surface area contributed by atoms with Crippen LogP contribution in [-0.2, 0) is 38.5 Å². The number of urea groups is 1. The molecule has 2 fully saturated rings. The average Bonchev–Trinajstić information content (AvgIpc) is 2.91. The van der Waals surface area contributed by atoms with E-state index in [1.165, 1.54) is 31.2 Å². The van der Waals surface area contributed by atoms with Gasteiger partial charge in [0.15, 0.2) is 22.0 Å². The Hall–Kier alpha value is -3.43. The van der Waals surface area contributed by atoms with Gasteiger partial charge >= 0.3 is 23.9 Å². The van der Waals surface area contributed by atoms with Crippen LogP contribution < -0.4 is 4.74 Å². The van der Waals surface area contributed by atoms with Crippen molar-refractivity contribution in [3.8, 4) is 5.75 Å². The first-order chi connectivity index (χ1) is 19.3. The van der Waals surface area contributed by atoms with Crippen LogP contribution in [0.4, 0.5) is 4.79 Å². The zero-order chi connectivity index (χ0) is 30.4. The second-order valence-electron chi connectivity index (χ2n) is 9.86. The first-order valence-corrected chi connectivity index (χ1v) is 15.0. The highest BCUT2D eigenvalue weighted by atomic mass is 32.2. The Bertz CT molecular complexity index is 1240. The number of sulfone groups is 1. The molecule has 41 heavy (non-hydrogen) atoms. The van der Waals surface area contributed by atoms with E-state index in [0.29, 0.717) is 32.0 Å². The second kappa shape index (κ2) is 13.0. The summed E-state index contributed by atoms with van der Waals surface area (Å²) >= 11 is 0. The highest BCUT2D eigenvalue weighted by molar-refractivity contribution is 7.91. The van der Waals surface area contributed by atoms with Crippen LogP contribution >= 0.6 is 0 Å². The first kappa shape index (κ1) is 32.1. The number of likely N-dealkylation sites (N-methyl/N-ethyl adjacent to an activating group) is 1. The molecule has 0 aliphatic carbocycles. The minimum Gasteiger partial charge on any atom is -0.494 e. The maximum absolute atomic E-state index is 13.9. The minimum atomic E-state index is -3.99. The fraction of sp³-hybridized carbons (Fsp3) is 0.615. The Morgan fingerprint density at radius 2 is 1.63 bits per heavy atom. The molecule has 2 heterocycles. The summed E-state index contributed by atoms with van der Waals surface area (Å²) in [7, 11) is -3.99. The Labute approximate surface area is 238 Å². The number of amides is 2. The van der Waals surface area contributed by atoms with E-state index in [4.69, 9.17) is 19.0 Å². The van der Waals surface area contributed by atoms with Crippen molar-refractivity contribution in [2.75, 3.05) is 51.7 Å². The second-order valence-corrected chi connectivity index (χ2v) is 12.0. The number of rotatable bonds is 11. The molecule has 0 aromatic heterocycles. The van der Waals surface area contributed by atoms with E-state index >= 15 is 0 Å². The van der Waals surface area contributed by atoms with Gasteiger partial charge in [0.1, 0.15) is 5.75 Å². The van der Waals surface area contributed by atoms with Crippen molar-refractivity contribution in [1.82, 2.24) is 14.9 Å². The Balaban J connectivity index is 2.00. The van der Waals surface area contributed by atoms with E-state index in [2.05, 4.69) is 0 Å². The SMILES string of the molecule is CCOc1ccc(S(=O)(=O)CCN2C(=O)N(CCN(CC)CC)OC(=O)CC3(O)CC(=O)OCC2(C)OC3=O)cc1. The van der Waals surface area contributed by atoms with Gasteiger partial charge in [-0.05, 0) is 51.2 Å². The Morgan fingerprint density at radius 3 is 2.24 bits per heavy atom. The summed E-state index contributed by atoms with van der Waals surface area (Å²) in [6.45, 7) is 7.52. The van der Waals surface area contributed by atoms with Crippen molar-refractivity contribution in [3.63, 3.8) is 0 Å². The van der Waals surface area contributed by atoms with E-state index < -0.39 is 76.8 Å². The predicted molar refractivity (Wildman–Crippen MR) is 142 cm³/mol. The average molecular weight is 600 g/mol. The van der Waals surface area contributed by atoms with Crippen LogP contribution in [0, 0.1) is 0 Å². The van der Waals surface area contributed by atoms with Crippen molar-refractivity contribution in [3.05, 3.63) is 24.3 Å². The lowest BCUT2D eigenvalue weighted by Crippen LogP contribution is -2.64. The largest absolute Gasteiger partial charge is 0.494 e. The molecule has 0 radical (unpaired) electrons. The number of carbonyl (C=O) groups is 4. The van der Waals surface area contributed by atoms with E-state index in [1.54, 1.807) is 6.92 Å². The topological polar surface area (TPSA) is 169 Å². The van der Waals surface area contributed by atoms with Crippen molar-refractivity contribution in [2.45, 2.75) is 56.8 Å². The van der Waals surface area contributed by atoms with Crippen molar-refractivity contribution in [2.24, 2.45) is 0 Å². The van der Waals surface area contributed by atoms with E-state index in [0.717, 1.165) is 9.96 Å². The smallest absolute Gasteiger partial charge is 0.356 e. The number of hydrogen-bond donors (Lipinski definition) is 1. The van der Waals surface area contributed by atoms with Gasteiger partial charge in [-0.2, -0.15) is 5.06 Å². The molecule has 2 unspecified atom stereocenters. The first-order valence-electron chi connectivity index (χ1n) is 13.4. The molecular weight excluding hydrogens is 562 g/mol. The molecule has 0 saturated carbocycles. The number of esters is 2. The Kier molecular flexibility index (Phi) is 10.2. The van der Waals surface area contributed by atoms with Gasteiger partial charge in [-0.1, -0.05) is 13.8 Å². The Morgan fingerprint density at radius 1 is 1.00 bits per heavy atom. The van der Waals surface area contributed by atoms with Gasteiger partial charge in [0.25, 0.3) is 0 Å². The van der Waals surface area contributed by atoms with Crippen LogP contribution in [0.15, 0.2) is 29.2 Å². The number of cyclic esters (lactones) is 1. The lowest BCUT2D eigenvalue weighted by Gasteiger charge is -2.44. The summed E-state index contributed by atoms with van der Waals surface area (Å²) in [6.07, 6.45) is -1.85. The molecule has 3 rings (SSSR count). The van der Waals surface area contributed by atoms with Crippen molar-refractivity contribution in [1.29, 1.82) is 0 Å². The third-order valence-electron chi connectivity index (χ3n) is 6.89. The van der Waals surface area contributed by atoms with Crippen LogP contribution in [-0.4, -0.2) is 115 Å². The molecule has 2 bridgehead atoms. The molecule has 0 spiro atoms. The number of aliphatic hydroxyl groups is 1. The molecule has 2 saturated heterocycles. The molecule has 2 aliphatic heterocycles. The van der Waals surface area contributed by atoms with Gasteiger partial charge in [-0.3, -0.25) is 9.69 Å². The van der Waals surface area contributed by atoms with Crippen LogP contribution in [0.3, 0.4) is 0 Å². The van der Waals surface area contributed by atoms with Crippen LogP contribution in [0.2, 0.25) is 0 Å². The summed E-state index contributed by atoms with van der Waals surface area (Å²) in [4.78, 5) is 60.2. The third kappa shape index (κ3) is 7.65. The standard InChI is InChI=1S/C26H37N3O11S/c1-5-27(6-2)12-13-29-24(33)28(14-15-41(35,36)20-10-8-19(9-11-20)37-7-3)25(4)18-38-21(30)16-26(34,23(32)39-25)17-22(31)40-29/h8-11,34H,5-7,12-18H2,1-4H3. The van der Waals surface area contributed by atoms with E-state index in [9.17, 15) is 32.7 Å². The normalized spacial score (nSPS) is 24.0. The lowest BCUT2D eigenvalue weighted by atomic mass is 9.95. The van der Waals surface area contributed by atoms with E-state index in [-0.39, 0.29) is 11.4 Å². The molecule has 1 aromatic rings. The molecule has 1 N–H and O–H groups in total. The quantitative estimate of drug-likeness (QED) is 0.354. The zero-order valence-corrected chi connectivity index (χ0v) is 24.5. The molecule has 2 atom stereocenters. The van der Waals surface area contributed by atoms with Crippen molar-refractivity contribution >= 4 is 33.8 Å².